The molecule has 254 valence electrons. The van der Waals surface area contributed by atoms with E-state index in [1.54, 1.807) is 13.0 Å². The standard InChI is InChI=1S/C31H33F3N8O5S/c1-18-8-11-42(40-18)24-14-20(19-2-5-21(6-3-19)48(36,45)46)4-7-22(24)27(31(32,33)34)47-26-15-25(38-29(35)39-26)41-12-9-30(10-13-41)16-23(28(43)44)37-17-30/h2-8,11,14-15,23,27,37H,9-10,12-13,16-17H2,1H3,(H,43,44)(H2,35,38,39)(H2,36,45,46)/t23?,27-/m1/s1. The highest BCUT2D eigenvalue weighted by atomic mass is 32.2. The third-order valence-electron chi connectivity index (χ3n) is 8.85. The maximum absolute atomic E-state index is 14.8. The Morgan fingerprint density at radius 3 is 2.35 bits per heavy atom. The molecule has 2 aromatic carbocycles. The van der Waals surface area contributed by atoms with Crippen LogP contribution in [0.25, 0.3) is 16.8 Å². The van der Waals surface area contributed by atoms with Crippen molar-refractivity contribution in [2.75, 3.05) is 30.3 Å². The fourth-order valence-electron chi connectivity index (χ4n) is 6.29. The highest BCUT2D eigenvalue weighted by Gasteiger charge is 2.46. The fourth-order valence-corrected chi connectivity index (χ4v) is 6.81. The van der Waals surface area contributed by atoms with Crippen LogP contribution in [0.5, 0.6) is 5.88 Å². The number of benzene rings is 2. The van der Waals surface area contributed by atoms with Gasteiger partial charge in [-0.25, -0.2) is 18.2 Å². The number of nitrogens with two attached hydrogens (primary N) is 2. The molecule has 2 atom stereocenters. The van der Waals surface area contributed by atoms with E-state index < -0.39 is 34.3 Å². The third-order valence-corrected chi connectivity index (χ3v) is 9.78. The van der Waals surface area contributed by atoms with Crippen molar-refractivity contribution in [1.29, 1.82) is 0 Å². The largest absolute Gasteiger partial charge is 0.480 e. The van der Waals surface area contributed by atoms with Crippen LogP contribution >= 0.6 is 0 Å². The Balaban J connectivity index is 1.31. The van der Waals surface area contributed by atoms with Gasteiger partial charge < -0.3 is 25.8 Å². The molecule has 2 aliphatic rings. The van der Waals surface area contributed by atoms with Crippen LogP contribution in [0, 0.1) is 12.3 Å². The number of halogens is 3. The number of aryl methyl sites for hydroxylation is 1. The first kappa shape index (κ1) is 33.2. The minimum absolute atomic E-state index is 0.0758. The van der Waals surface area contributed by atoms with Crippen LogP contribution < -0.4 is 25.8 Å². The predicted octanol–water partition coefficient (Wildman–Crippen LogP) is 3.58. The molecule has 4 heterocycles. The first-order valence-corrected chi connectivity index (χ1v) is 16.5. The Morgan fingerprint density at radius 2 is 1.77 bits per heavy atom. The van der Waals surface area contributed by atoms with Gasteiger partial charge in [0.05, 0.1) is 16.3 Å². The lowest BCUT2D eigenvalue weighted by molar-refractivity contribution is -0.198. The number of anilines is 2. The second-order valence-corrected chi connectivity index (χ2v) is 13.7. The minimum atomic E-state index is -4.90. The van der Waals surface area contributed by atoms with Crippen LogP contribution in [0.4, 0.5) is 24.9 Å². The van der Waals surface area contributed by atoms with Crippen LogP contribution in [0.2, 0.25) is 0 Å². The highest BCUT2D eigenvalue weighted by Crippen LogP contribution is 2.43. The zero-order valence-electron chi connectivity index (χ0n) is 25.7. The van der Waals surface area contributed by atoms with Gasteiger partial charge in [0.2, 0.25) is 28.0 Å². The second-order valence-electron chi connectivity index (χ2n) is 12.2. The van der Waals surface area contributed by atoms with Gasteiger partial charge in [0.25, 0.3) is 0 Å². The zero-order valence-corrected chi connectivity index (χ0v) is 26.5. The fraction of sp³-hybridized carbons (Fsp3) is 0.355. The summed E-state index contributed by atoms with van der Waals surface area (Å²) in [7, 11) is -3.94. The maximum Gasteiger partial charge on any atom is 0.429 e. The molecule has 2 aliphatic heterocycles. The molecule has 0 bridgehead atoms. The molecule has 2 fully saturated rings. The molecule has 4 aromatic rings. The zero-order chi connectivity index (χ0) is 34.4. The number of nitrogens with one attached hydrogen (secondary N) is 1. The summed E-state index contributed by atoms with van der Waals surface area (Å²) < 4.78 is 74.8. The van der Waals surface area contributed by atoms with Crippen molar-refractivity contribution in [2.24, 2.45) is 10.6 Å². The number of hydrogen-bond acceptors (Lipinski definition) is 10. The Hall–Kier alpha value is -4.74. The van der Waals surface area contributed by atoms with Crippen molar-refractivity contribution in [3.63, 3.8) is 0 Å². The van der Waals surface area contributed by atoms with Gasteiger partial charge in [-0.15, -0.1) is 0 Å². The number of aromatic nitrogens is 4. The smallest absolute Gasteiger partial charge is 0.429 e. The van der Waals surface area contributed by atoms with Gasteiger partial charge in [-0.1, -0.05) is 24.3 Å². The van der Waals surface area contributed by atoms with Crippen LogP contribution in [-0.4, -0.2) is 71.1 Å². The third kappa shape index (κ3) is 6.93. The number of sulfonamides is 1. The van der Waals surface area contributed by atoms with Crippen molar-refractivity contribution in [3.05, 3.63) is 72.1 Å². The summed E-state index contributed by atoms with van der Waals surface area (Å²) in [6.45, 7) is 3.26. The molecule has 0 radical (unpaired) electrons. The summed E-state index contributed by atoms with van der Waals surface area (Å²) >= 11 is 0. The molecular formula is C31H33F3N8O5S. The van der Waals surface area contributed by atoms with Crippen LogP contribution in [0.3, 0.4) is 0 Å². The highest BCUT2D eigenvalue weighted by molar-refractivity contribution is 7.89. The summed E-state index contributed by atoms with van der Waals surface area (Å²) in [5.74, 6) is -1.23. The van der Waals surface area contributed by atoms with Gasteiger partial charge in [-0.3, -0.25) is 4.79 Å². The number of piperidine rings is 1. The first-order chi connectivity index (χ1) is 22.6. The summed E-state index contributed by atoms with van der Waals surface area (Å²) in [6.07, 6.45) is -4.03. The van der Waals surface area contributed by atoms with Crippen molar-refractivity contribution < 1.29 is 36.2 Å². The number of nitrogen functional groups attached to an aromatic ring is 1. The summed E-state index contributed by atoms with van der Waals surface area (Å²) in [5.41, 5.74) is 7.19. The monoisotopic (exact) mass is 686 g/mol. The molecule has 48 heavy (non-hydrogen) atoms. The van der Waals surface area contributed by atoms with Crippen LogP contribution in [-0.2, 0) is 14.8 Å². The first-order valence-electron chi connectivity index (χ1n) is 15.0. The molecule has 0 saturated carbocycles. The van der Waals surface area contributed by atoms with Crippen molar-refractivity contribution >= 4 is 27.8 Å². The molecule has 2 aromatic heterocycles. The number of carboxylic acid groups (broad SMARTS) is 1. The average Bonchev–Trinajstić information content (AvgIpc) is 3.65. The van der Waals surface area contributed by atoms with Gasteiger partial charge in [0.15, 0.2) is 0 Å². The van der Waals surface area contributed by atoms with Gasteiger partial charge >= 0.3 is 12.1 Å². The Bertz CT molecular complexity index is 1940. The number of rotatable bonds is 8. The summed E-state index contributed by atoms with van der Waals surface area (Å²) in [6, 6.07) is 12.3. The number of carbonyl (C=O) groups is 1. The number of ether oxygens (including phenoxy) is 1. The SMILES string of the molecule is Cc1ccn(-c2cc(-c3ccc(S(N)(=O)=O)cc3)ccc2[C@@H](Oc2cc(N3CCC4(CC3)CNC(C(=O)O)C4)nc(N)n2)C(F)(F)F)n1. The lowest BCUT2D eigenvalue weighted by atomic mass is 9.76. The molecule has 1 spiro atoms. The van der Waals surface area contributed by atoms with Gasteiger partial charge in [-0.05, 0) is 67.0 Å². The predicted molar refractivity (Wildman–Crippen MR) is 169 cm³/mol. The lowest BCUT2D eigenvalue weighted by Gasteiger charge is -2.39. The van der Waals surface area contributed by atoms with Crippen molar-refractivity contribution in [2.45, 2.75) is 49.4 Å². The molecule has 0 amide bonds. The van der Waals surface area contributed by atoms with E-state index in [0.29, 0.717) is 61.5 Å². The van der Waals surface area contributed by atoms with Crippen molar-refractivity contribution in [3.8, 4) is 22.7 Å². The molecule has 6 rings (SSSR count). The maximum atomic E-state index is 14.8. The Morgan fingerprint density at radius 1 is 1.08 bits per heavy atom. The molecule has 6 N–H and O–H groups in total. The molecule has 17 heteroatoms. The van der Waals surface area contributed by atoms with E-state index in [0.717, 1.165) is 0 Å². The molecule has 13 nitrogen and oxygen atoms in total. The van der Waals surface area contributed by atoms with E-state index in [4.69, 9.17) is 15.6 Å². The Kier molecular flexibility index (Phi) is 8.55. The van der Waals surface area contributed by atoms with E-state index in [-0.39, 0.29) is 33.4 Å². The Labute approximate surface area is 273 Å². The van der Waals surface area contributed by atoms with E-state index in [1.807, 2.05) is 4.90 Å². The quantitative estimate of drug-likeness (QED) is 0.212. The van der Waals surface area contributed by atoms with Crippen molar-refractivity contribution in [1.82, 2.24) is 25.1 Å². The van der Waals surface area contributed by atoms with E-state index >= 15 is 0 Å². The molecular weight excluding hydrogens is 653 g/mol. The van der Waals surface area contributed by atoms with Crippen LogP contribution in [0.1, 0.15) is 36.6 Å². The van der Waals surface area contributed by atoms with E-state index in [9.17, 15) is 31.5 Å². The number of carboxylic acids is 1. The minimum Gasteiger partial charge on any atom is -0.480 e. The van der Waals surface area contributed by atoms with Crippen LogP contribution in [0.15, 0.2) is 65.7 Å². The number of hydrogen-bond donors (Lipinski definition) is 4. The number of alkyl halides is 3. The second kappa shape index (κ2) is 12.4. The summed E-state index contributed by atoms with van der Waals surface area (Å²) in [4.78, 5) is 21.4. The average molecular weight is 687 g/mol. The molecule has 0 aliphatic carbocycles. The summed E-state index contributed by atoms with van der Waals surface area (Å²) in [5, 5.41) is 22.0. The number of aliphatic carboxylic acids is 1. The van der Waals surface area contributed by atoms with Gasteiger partial charge in [0, 0.05) is 37.5 Å². The van der Waals surface area contributed by atoms with Gasteiger partial charge in [-0.2, -0.15) is 28.2 Å². The normalized spacial score (nSPS) is 18.6. The topological polar surface area (TPSA) is 192 Å². The molecule has 2 saturated heterocycles. The lowest BCUT2D eigenvalue weighted by Crippen LogP contribution is -2.41. The van der Waals surface area contributed by atoms with E-state index in [2.05, 4.69) is 20.4 Å². The van der Waals surface area contributed by atoms with Gasteiger partial charge in [0.1, 0.15) is 11.9 Å². The number of primary sulfonamides is 1. The number of nitrogens with zero attached hydrogens (tertiary/aromatic N) is 5. The van der Waals surface area contributed by atoms with E-state index in [1.165, 1.54) is 59.4 Å². The molecule has 1 unspecified atom stereocenters.